The molecule has 0 spiro atoms. The van der Waals surface area contributed by atoms with Crippen LogP contribution >= 0.6 is 11.8 Å². The van der Waals surface area contributed by atoms with Crippen LogP contribution in [0.5, 0.6) is 0 Å². The van der Waals surface area contributed by atoms with Crippen LogP contribution in [0.4, 0.5) is 0 Å². The van der Waals surface area contributed by atoms with Gasteiger partial charge in [0.25, 0.3) is 0 Å². The van der Waals surface area contributed by atoms with Crippen molar-refractivity contribution in [3.8, 4) is 0 Å². The van der Waals surface area contributed by atoms with E-state index < -0.39 is 0 Å². The minimum absolute atomic E-state index is 0.564. The summed E-state index contributed by atoms with van der Waals surface area (Å²) in [5, 5.41) is 3.59. The van der Waals surface area contributed by atoms with Crippen molar-refractivity contribution in [2.75, 3.05) is 19.3 Å². The molecular weight excluding hydrogens is 190 g/mol. The molecular formula is C12H23NS. The lowest BCUT2D eigenvalue weighted by Gasteiger charge is -2.27. The van der Waals surface area contributed by atoms with Crippen molar-refractivity contribution >= 4 is 11.8 Å². The molecule has 0 aromatic rings. The van der Waals surface area contributed by atoms with Crippen molar-refractivity contribution in [2.24, 2.45) is 0 Å². The van der Waals surface area contributed by atoms with Crippen molar-refractivity contribution in [1.29, 1.82) is 0 Å². The molecule has 1 nitrogen and oxygen atoms in total. The molecule has 0 aromatic carbocycles. The van der Waals surface area contributed by atoms with E-state index in [1.165, 1.54) is 38.6 Å². The SMILES string of the molecule is C=CCCCNCC1(SC)CCCC1. The molecule has 1 fully saturated rings. The van der Waals surface area contributed by atoms with E-state index in [0.717, 1.165) is 13.0 Å². The molecule has 0 radical (unpaired) electrons. The standard InChI is InChI=1S/C12H23NS/c1-3-4-7-10-13-11-12(14-2)8-5-6-9-12/h3,13H,1,4-11H2,2H3. The summed E-state index contributed by atoms with van der Waals surface area (Å²) in [6.45, 7) is 6.08. The topological polar surface area (TPSA) is 12.0 Å². The lowest BCUT2D eigenvalue weighted by atomic mass is 10.1. The molecule has 0 heterocycles. The van der Waals surface area contributed by atoms with Gasteiger partial charge in [0.2, 0.25) is 0 Å². The van der Waals surface area contributed by atoms with Crippen LogP contribution in [0.3, 0.4) is 0 Å². The Bertz CT molecular complexity index is 162. The van der Waals surface area contributed by atoms with Gasteiger partial charge in [-0.3, -0.25) is 0 Å². The normalized spacial score (nSPS) is 19.8. The molecule has 1 aliphatic rings. The highest BCUT2D eigenvalue weighted by molar-refractivity contribution is 8.00. The zero-order valence-electron chi connectivity index (χ0n) is 9.35. The van der Waals surface area contributed by atoms with E-state index in [9.17, 15) is 0 Å². The summed E-state index contributed by atoms with van der Waals surface area (Å²) in [6.07, 6.45) is 12.3. The fraction of sp³-hybridized carbons (Fsp3) is 0.833. The van der Waals surface area contributed by atoms with E-state index in [4.69, 9.17) is 0 Å². The van der Waals surface area contributed by atoms with Crippen LogP contribution in [0, 0.1) is 0 Å². The quantitative estimate of drug-likeness (QED) is 0.515. The van der Waals surface area contributed by atoms with Crippen molar-refractivity contribution in [1.82, 2.24) is 5.32 Å². The maximum atomic E-state index is 3.73. The molecule has 0 saturated heterocycles. The average molecular weight is 213 g/mol. The molecule has 0 atom stereocenters. The van der Waals surface area contributed by atoms with Crippen LogP contribution in [0.2, 0.25) is 0 Å². The Morgan fingerprint density at radius 3 is 2.71 bits per heavy atom. The number of allylic oxidation sites excluding steroid dienone is 1. The van der Waals surface area contributed by atoms with E-state index in [1.807, 2.05) is 6.08 Å². The molecule has 0 bridgehead atoms. The molecule has 1 aliphatic carbocycles. The van der Waals surface area contributed by atoms with E-state index >= 15 is 0 Å². The molecule has 14 heavy (non-hydrogen) atoms. The predicted octanol–water partition coefficient (Wildman–Crippen LogP) is 3.22. The van der Waals surface area contributed by atoms with Gasteiger partial charge in [0.05, 0.1) is 0 Å². The largest absolute Gasteiger partial charge is 0.315 e. The monoisotopic (exact) mass is 213 g/mol. The van der Waals surface area contributed by atoms with E-state index in [-0.39, 0.29) is 0 Å². The van der Waals surface area contributed by atoms with Crippen LogP contribution in [-0.2, 0) is 0 Å². The molecule has 0 amide bonds. The van der Waals surface area contributed by atoms with Crippen LogP contribution in [0.15, 0.2) is 12.7 Å². The number of rotatable bonds is 7. The summed E-state index contributed by atoms with van der Waals surface area (Å²) in [5.41, 5.74) is 0. The van der Waals surface area contributed by atoms with E-state index in [0.29, 0.717) is 4.75 Å². The Balaban J connectivity index is 2.11. The third-order valence-corrected chi connectivity index (χ3v) is 4.58. The van der Waals surface area contributed by atoms with Crippen LogP contribution in [0.25, 0.3) is 0 Å². The van der Waals surface area contributed by atoms with Crippen molar-refractivity contribution in [2.45, 2.75) is 43.3 Å². The van der Waals surface area contributed by atoms with E-state index in [1.54, 1.807) is 0 Å². The summed E-state index contributed by atoms with van der Waals surface area (Å²) < 4.78 is 0.564. The first-order valence-electron chi connectivity index (χ1n) is 5.70. The third-order valence-electron chi connectivity index (χ3n) is 3.16. The van der Waals surface area contributed by atoms with Gasteiger partial charge in [-0.05, 0) is 38.5 Å². The Morgan fingerprint density at radius 2 is 2.14 bits per heavy atom. The zero-order valence-corrected chi connectivity index (χ0v) is 10.2. The van der Waals surface area contributed by atoms with Gasteiger partial charge in [-0.15, -0.1) is 6.58 Å². The summed E-state index contributed by atoms with van der Waals surface area (Å²) in [5.74, 6) is 0. The first-order valence-corrected chi connectivity index (χ1v) is 6.92. The van der Waals surface area contributed by atoms with Gasteiger partial charge in [0.1, 0.15) is 0 Å². The zero-order chi connectivity index (χ0) is 10.3. The second-order valence-corrected chi connectivity index (χ2v) is 5.48. The van der Waals surface area contributed by atoms with Gasteiger partial charge in [0.15, 0.2) is 0 Å². The molecule has 0 aliphatic heterocycles. The second kappa shape index (κ2) is 6.52. The third kappa shape index (κ3) is 3.66. The maximum absolute atomic E-state index is 3.73. The Kier molecular flexibility index (Phi) is 5.64. The molecule has 1 rings (SSSR count). The van der Waals surface area contributed by atoms with E-state index in [2.05, 4.69) is 29.9 Å². The summed E-state index contributed by atoms with van der Waals surface area (Å²) in [6, 6.07) is 0. The van der Waals surface area contributed by atoms with Crippen LogP contribution in [-0.4, -0.2) is 24.1 Å². The highest BCUT2D eigenvalue weighted by Crippen LogP contribution is 2.39. The van der Waals surface area contributed by atoms with Gasteiger partial charge in [-0.25, -0.2) is 0 Å². The van der Waals surface area contributed by atoms with Gasteiger partial charge in [-0.1, -0.05) is 18.9 Å². The van der Waals surface area contributed by atoms with Gasteiger partial charge >= 0.3 is 0 Å². The number of thioether (sulfide) groups is 1. The molecule has 2 heteroatoms. The summed E-state index contributed by atoms with van der Waals surface area (Å²) in [7, 11) is 0. The van der Waals surface area contributed by atoms with Crippen molar-refractivity contribution in [3.63, 3.8) is 0 Å². The first-order chi connectivity index (χ1) is 6.83. The Morgan fingerprint density at radius 1 is 1.43 bits per heavy atom. The highest BCUT2D eigenvalue weighted by atomic mass is 32.2. The molecule has 0 aromatic heterocycles. The Labute approximate surface area is 92.7 Å². The minimum Gasteiger partial charge on any atom is -0.315 e. The number of hydrogen-bond acceptors (Lipinski definition) is 2. The smallest absolute Gasteiger partial charge is 0.0281 e. The fourth-order valence-corrected chi connectivity index (χ4v) is 3.10. The molecule has 1 N–H and O–H groups in total. The second-order valence-electron chi connectivity index (χ2n) is 4.20. The summed E-state index contributed by atoms with van der Waals surface area (Å²) >= 11 is 2.06. The number of unbranched alkanes of at least 4 members (excludes halogenated alkanes) is 1. The first kappa shape index (κ1) is 12.1. The Hall–Kier alpha value is 0.0500. The highest BCUT2D eigenvalue weighted by Gasteiger charge is 2.32. The van der Waals surface area contributed by atoms with Crippen molar-refractivity contribution < 1.29 is 0 Å². The van der Waals surface area contributed by atoms with Crippen LogP contribution < -0.4 is 5.32 Å². The van der Waals surface area contributed by atoms with Gasteiger partial charge < -0.3 is 5.32 Å². The predicted molar refractivity (Wildman–Crippen MR) is 67.0 cm³/mol. The molecule has 0 unspecified atom stereocenters. The molecule has 82 valence electrons. The summed E-state index contributed by atoms with van der Waals surface area (Å²) in [4.78, 5) is 0. The van der Waals surface area contributed by atoms with Gasteiger partial charge in [-0.2, -0.15) is 11.8 Å². The number of nitrogens with one attached hydrogen (secondary N) is 1. The fourth-order valence-electron chi connectivity index (χ4n) is 2.16. The minimum atomic E-state index is 0.564. The van der Waals surface area contributed by atoms with Gasteiger partial charge in [0, 0.05) is 11.3 Å². The lowest BCUT2D eigenvalue weighted by Crippen LogP contribution is -2.35. The molecule has 1 saturated carbocycles. The lowest BCUT2D eigenvalue weighted by molar-refractivity contribution is 0.528. The maximum Gasteiger partial charge on any atom is 0.0281 e. The van der Waals surface area contributed by atoms with Crippen LogP contribution in [0.1, 0.15) is 38.5 Å². The van der Waals surface area contributed by atoms with Crippen molar-refractivity contribution in [3.05, 3.63) is 12.7 Å². The number of hydrogen-bond donors (Lipinski definition) is 1. The average Bonchev–Trinajstić information content (AvgIpc) is 2.67.